The number of β-amino-alcohol motifs (C(OH)–C–C–N with tert-alkyl or cyclic N) is 1. The molecule has 1 amide bonds. The number of carbonyl (C=O) groups is 2. The molecule has 0 spiro atoms. The van der Waals surface area contributed by atoms with Crippen LogP contribution in [0.2, 0.25) is 0 Å². The van der Waals surface area contributed by atoms with Gasteiger partial charge in [-0.2, -0.15) is 0 Å². The summed E-state index contributed by atoms with van der Waals surface area (Å²) in [6, 6.07) is -0.675. The van der Waals surface area contributed by atoms with Gasteiger partial charge in [-0.3, -0.25) is 9.69 Å². The number of esters is 1. The Morgan fingerprint density at radius 2 is 2.24 bits per heavy atom. The van der Waals surface area contributed by atoms with Crippen LogP contribution >= 0.6 is 0 Å². The lowest BCUT2D eigenvalue weighted by atomic mass is 10.1. The first-order valence-electron chi connectivity index (χ1n) is 5.64. The van der Waals surface area contributed by atoms with Crippen molar-refractivity contribution in [3.8, 4) is 0 Å². The normalized spacial score (nSPS) is 26.6. The van der Waals surface area contributed by atoms with Crippen LogP contribution in [0, 0.1) is 0 Å². The molecule has 17 heavy (non-hydrogen) atoms. The van der Waals surface area contributed by atoms with E-state index in [4.69, 9.17) is 0 Å². The van der Waals surface area contributed by atoms with E-state index in [-0.39, 0.29) is 5.91 Å². The quantitative estimate of drug-likeness (QED) is 0.628. The molecule has 1 rings (SSSR count). The van der Waals surface area contributed by atoms with Crippen molar-refractivity contribution in [2.45, 2.75) is 31.9 Å². The fourth-order valence-corrected chi connectivity index (χ4v) is 2.02. The van der Waals surface area contributed by atoms with E-state index < -0.39 is 17.6 Å². The fourth-order valence-electron chi connectivity index (χ4n) is 2.02. The molecule has 0 aromatic rings. The third kappa shape index (κ3) is 4.32. The molecule has 0 saturated carbocycles. The molecule has 0 aliphatic carbocycles. The minimum absolute atomic E-state index is 0.272. The van der Waals surface area contributed by atoms with Crippen molar-refractivity contribution in [1.82, 2.24) is 10.2 Å². The summed E-state index contributed by atoms with van der Waals surface area (Å²) in [5, 5.41) is 12.4. The van der Waals surface area contributed by atoms with Crippen LogP contribution in [0.1, 0.15) is 20.3 Å². The molecule has 0 bridgehead atoms. The number of ether oxygens (including phenoxy) is 1. The molecule has 2 N–H and O–H groups in total. The van der Waals surface area contributed by atoms with Crippen molar-refractivity contribution in [3.05, 3.63) is 0 Å². The van der Waals surface area contributed by atoms with E-state index in [1.807, 2.05) is 4.90 Å². The Balaban J connectivity index is 2.55. The van der Waals surface area contributed by atoms with Gasteiger partial charge in [0.25, 0.3) is 0 Å². The van der Waals surface area contributed by atoms with Gasteiger partial charge >= 0.3 is 5.97 Å². The van der Waals surface area contributed by atoms with Crippen LogP contribution < -0.4 is 5.32 Å². The summed E-state index contributed by atoms with van der Waals surface area (Å²) < 4.78 is 4.63. The summed E-state index contributed by atoms with van der Waals surface area (Å²) in [7, 11) is 1.29. The number of methoxy groups -OCH3 is 1. The highest BCUT2D eigenvalue weighted by Gasteiger charge is 2.34. The predicted octanol–water partition coefficient (Wildman–Crippen LogP) is -0.879. The van der Waals surface area contributed by atoms with Crippen molar-refractivity contribution in [2.24, 2.45) is 0 Å². The third-order valence-electron chi connectivity index (χ3n) is 2.83. The van der Waals surface area contributed by atoms with E-state index in [1.54, 1.807) is 6.92 Å². The molecule has 2 atom stereocenters. The molecule has 1 heterocycles. The molecule has 0 radical (unpaired) electrons. The molecule has 1 fully saturated rings. The van der Waals surface area contributed by atoms with Gasteiger partial charge in [0, 0.05) is 26.6 Å². The molecule has 0 aromatic heterocycles. The van der Waals surface area contributed by atoms with Gasteiger partial charge in [0.1, 0.15) is 6.04 Å². The number of hydrogen-bond acceptors (Lipinski definition) is 5. The molecule has 98 valence electrons. The highest BCUT2D eigenvalue weighted by molar-refractivity contribution is 5.83. The zero-order valence-electron chi connectivity index (χ0n) is 10.5. The molecule has 1 aliphatic rings. The minimum Gasteiger partial charge on any atom is -0.467 e. The first kappa shape index (κ1) is 13.9. The highest BCUT2D eigenvalue weighted by atomic mass is 16.5. The zero-order valence-corrected chi connectivity index (χ0v) is 10.5. The second-order valence-electron chi connectivity index (χ2n) is 4.76. The van der Waals surface area contributed by atoms with Gasteiger partial charge < -0.3 is 15.2 Å². The average molecular weight is 244 g/mol. The highest BCUT2D eigenvalue weighted by Crippen LogP contribution is 2.20. The Kier molecular flexibility index (Phi) is 4.47. The first-order chi connectivity index (χ1) is 7.84. The van der Waals surface area contributed by atoms with Crippen LogP contribution in [0.4, 0.5) is 0 Å². The number of rotatable bonds is 4. The van der Waals surface area contributed by atoms with Gasteiger partial charge in [-0.25, -0.2) is 4.79 Å². The minimum atomic E-state index is -0.711. The molecule has 1 saturated heterocycles. The Morgan fingerprint density at radius 3 is 2.65 bits per heavy atom. The second-order valence-corrected chi connectivity index (χ2v) is 4.76. The standard InChI is InChI=1S/C11H20N2O4/c1-8(14)12-9(10(15)17-3)6-13-5-4-11(2,16)7-13/h9,16H,4-7H2,1-3H3,(H,12,14). The number of likely N-dealkylation sites (tertiary alicyclic amines) is 1. The van der Waals surface area contributed by atoms with Gasteiger partial charge in [0.2, 0.25) is 5.91 Å². The smallest absolute Gasteiger partial charge is 0.329 e. The summed E-state index contributed by atoms with van der Waals surface area (Å²) in [4.78, 5) is 24.4. The Hall–Kier alpha value is -1.14. The summed E-state index contributed by atoms with van der Waals surface area (Å²) in [5.74, 6) is -0.738. The Morgan fingerprint density at radius 1 is 1.59 bits per heavy atom. The lowest BCUT2D eigenvalue weighted by molar-refractivity contribution is -0.145. The number of nitrogens with zero attached hydrogens (tertiary/aromatic N) is 1. The Labute approximate surface area is 101 Å². The van der Waals surface area contributed by atoms with Gasteiger partial charge in [-0.05, 0) is 13.3 Å². The van der Waals surface area contributed by atoms with E-state index in [0.29, 0.717) is 26.1 Å². The van der Waals surface area contributed by atoms with E-state index in [0.717, 1.165) is 0 Å². The lowest BCUT2D eigenvalue weighted by Gasteiger charge is -2.23. The van der Waals surface area contributed by atoms with Gasteiger partial charge in [-0.1, -0.05) is 0 Å². The summed E-state index contributed by atoms with van der Waals surface area (Å²) in [6.07, 6.45) is 0.668. The van der Waals surface area contributed by atoms with Gasteiger partial charge in [0.15, 0.2) is 0 Å². The number of hydrogen-bond donors (Lipinski definition) is 2. The van der Waals surface area contributed by atoms with Crippen molar-refractivity contribution >= 4 is 11.9 Å². The largest absolute Gasteiger partial charge is 0.467 e. The fraction of sp³-hybridized carbons (Fsp3) is 0.818. The van der Waals surface area contributed by atoms with E-state index >= 15 is 0 Å². The van der Waals surface area contributed by atoms with Gasteiger partial charge in [0.05, 0.1) is 12.7 Å². The molecular formula is C11H20N2O4. The van der Waals surface area contributed by atoms with Crippen molar-refractivity contribution in [1.29, 1.82) is 0 Å². The average Bonchev–Trinajstić information content (AvgIpc) is 2.55. The van der Waals surface area contributed by atoms with Crippen LogP contribution in [-0.4, -0.2) is 60.3 Å². The molecule has 1 aliphatic heterocycles. The molecule has 6 heteroatoms. The summed E-state index contributed by atoms with van der Waals surface area (Å²) >= 11 is 0. The molecule has 6 nitrogen and oxygen atoms in total. The summed E-state index contributed by atoms with van der Waals surface area (Å²) in [6.45, 7) is 4.69. The number of amides is 1. The van der Waals surface area contributed by atoms with Crippen LogP contribution in [0.25, 0.3) is 0 Å². The monoisotopic (exact) mass is 244 g/mol. The van der Waals surface area contributed by atoms with Crippen LogP contribution in [0.5, 0.6) is 0 Å². The predicted molar refractivity (Wildman–Crippen MR) is 61.3 cm³/mol. The van der Waals surface area contributed by atoms with Crippen molar-refractivity contribution < 1.29 is 19.4 Å². The molecule has 0 aromatic carbocycles. The van der Waals surface area contributed by atoms with Gasteiger partial charge in [-0.15, -0.1) is 0 Å². The maximum Gasteiger partial charge on any atom is 0.329 e. The maximum atomic E-state index is 11.5. The van der Waals surface area contributed by atoms with E-state index in [2.05, 4.69) is 10.1 Å². The van der Waals surface area contributed by atoms with Crippen LogP contribution in [0.15, 0.2) is 0 Å². The zero-order chi connectivity index (χ0) is 13.1. The van der Waals surface area contributed by atoms with Crippen molar-refractivity contribution in [3.63, 3.8) is 0 Å². The first-order valence-corrected chi connectivity index (χ1v) is 5.64. The molecule has 2 unspecified atom stereocenters. The number of carbonyl (C=O) groups excluding carboxylic acids is 2. The number of aliphatic hydroxyl groups is 1. The van der Waals surface area contributed by atoms with Crippen LogP contribution in [0.3, 0.4) is 0 Å². The van der Waals surface area contributed by atoms with E-state index in [1.165, 1.54) is 14.0 Å². The Bertz CT molecular complexity index is 304. The molecular weight excluding hydrogens is 224 g/mol. The van der Waals surface area contributed by atoms with Crippen molar-refractivity contribution in [2.75, 3.05) is 26.7 Å². The SMILES string of the molecule is COC(=O)C(CN1CCC(C)(O)C1)NC(C)=O. The summed E-state index contributed by atoms with van der Waals surface area (Å²) in [5.41, 5.74) is -0.711. The van der Waals surface area contributed by atoms with E-state index in [9.17, 15) is 14.7 Å². The third-order valence-corrected chi connectivity index (χ3v) is 2.83. The topological polar surface area (TPSA) is 78.9 Å². The second kappa shape index (κ2) is 5.46. The van der Waals surface area contributed by atoms with Crippen LogP contribution in [-0.2, 0) is 14.3 Å². The lowest BCUT2D eigenvalue weighted by Crippen LogP contribution is -2.48. The maximum absolute atomic E-state index is 11.5. The number of nitrogens with one attached hydrogen (secondary N) is 1.